The Morgan fingerprint density at radius 2 is 2.05 bits per heavy atom. The predicted octanol–water partition coefficient (Wildman–Crippen LogP) is 4.05. The Labute approximate surface area is 125 Å². The minimum Gasteiger partial charge on any atom is -0.331 e. The van der Waals surface area contributed by atoms with Gasteiger partial charge >= 0.3 is 0 Å². The lowest BCUT2D eigenvalue weighted by molar-refractivity contribution is 0.188. The van der Waals surface area contributed by atoms with Gasteiger partial charge in [-0.3, -0.25) is 0 Å². The van der Waals surface area contributed by atoms with E-state index in [-0.39, 0.29) is 0 Å². The summed E-state index contributed by atoms with van der Waals surface area (Å²) in [6.07, 6.45) is 3.65. The summed E-state index contributed by atoms with van der Waals surface area (Å²) in [5.41, 5.74) is 3.78. The molecule has 0 saturated carbocycles. The van der Waals surface area contributed by atoms with Crippen molar-refractivity contribution in [3.05, 3.63) is 28.5 Å². The van der Waals surface area contributed by atoms with Crippen LogP contribution >= 0.6 is 12.2 Å². The van der Waals surface area contributed by atoms with Crippen LogP contribution < -0.4 is 0 Å². The van der Waals surface area contributed by atoms with Gasteiger partial charge in [0.05, 0.1) is 11.0 Å². The SMILES string of the molecule is CCCN1CCC(n2c(=S)[nH]c3cccc(C)c32)CC1. The molecule has 1 saturated heterocycles. The van der Waals surface area contributed by atoms with E-state index in [0.29, 0.717) is 6.04 Å². The van der Waals surface area contributed by atoms with Crippen LogP contribution in [0.25, 0.3) is 11.0 Å². The van der Waals surface area contributed by atoms with E-state index >= 15 is 0 Å². The van der Waals surface area contributed by atoms with Gasteiger partial charge in [-0.1, -0.05) is 19.1 Å². The molecule has 0 amide bonds. The summed E-state index contributed by atoms with van der Waals surface area (Å²) in [7, 11) is 0. The van der Waals surface area contributed by atoms with Gasteiger partial charge in [0.1, 0.15) is 0 Å². The van der Waals surface area contributed by atoms with Gasteiger partial charge in [-0.2, -0.15) is 0 Å². The van der Waals surface area contributed by atoms with Crippen LogP contribution in [0.15, 0.2) is 18.2 Å². The van der Waals surface area contributed by atoms with Gasteiger partial charge in [-0.15, -0.1) is 0 Å². The van der Waals surface area contributed by atoms with Crippen LogP contribution in [0.1, 0.15) is 37.8 Å². The summed E-state index contributed by atoms with van der Waals surface area (Å²) < 4.78 is 3.24. The van der Waals surface area contributed by atoms with E-state index in [2.05, 4.69) is 46.5 Å². The van der Waals surface area contributed by atoms with Gasteiger partial charge in [-0.25, -0.2) is 0 Å². The molecule has 20 heavy (non-hydrogen) atoms. The van der Waals surface area contributed by atoms with Crippen molar-refractivity contribution in [2.75, 3.05) is 19.6 Å². The molecule has 0 unspecified atom stereocenters. The van der Waals surface area contributed by atoms with Gasteiger partial charge in [0.2, 0.25) is 0 Å². The molecular weight excluding hydrogens is 266 g/mol. The van der Waals surface area contributed by atoms with E-state index in [4.69, 9.17) is 12.2 Å². The lowest BCUT2D eigenvalue weighted by atomic mass is 10.0. The topological polar surface area (TPSA) is 24.0 Å². The van der Waals surface area contributed by atoms with Crippen LogP contribution in [-0.4, -0.2) is 34.1 Å². The fourth-order valence-corrected chi connectivity index (χ4v) is 3.77. The first-order valence-corrected chi connectivity index (χ1v) is 8.03. The van der Waals surface area contributed by atoms with Gasteiger partial charge in [-0.05, 0) is 56.6 Å². The molecule has 3 rings (SSSR count). The Hall–Kier alpha value is -1.13. The van der Waals surface area contributed by atoms with Gasteiger partial charge in [0.25, 0.3) is 0 Å². The number of hydrogen-bond acceptors (Lipinski definition) is 2. The second-order valence-electron chi connectivity index (χ2n) is 5.84. The zero-order valence-corrected chi connectivity index (χ0v) is 13.2. The number of rotatable bonds is 3. The van der Waals surface area contributed by atoms with Crippen molar-refractivity contribution in [3.63, 3.8) is 0 Å². The van der Waals surface area contributed by atoms with Crippen LogP contribution in [0.4, 0.5) is 0 Å². The highest BCUT2D eigenvalue weighted by Gasteiger charge is 2.22. The number of nitrogens with one attached hydrogen (secondary N) is 1. The highest BCUT2D eigenvalue weighted by atomic mass is 32.1. The summed E-state index contributed by atoms with van der Waals surface area (Å²) in [5, 5.41) is 0. The highest BCUT2D eigenvalue weighted by molar-refractivity contribution is 7.71. The Morgan fingerprint density at radius 1 is 1.30 bits per heavy atom. The Kier molecular flexibility index (Phi) is 3.94. The molecule has 0 bridgehead atoms. The van der Waals surface area contributed by atoms with E-state index < -0.39 is 0 Å². The molecule has 108 valence electrons. The summed E-state index contributed by atoms with van der Waals surface area (Å²) >= 11 is 5.57. The molecule has 3 nitrogen and oxygen atoms in total. The van der Waals surface area contributed by atoms with Crippen molar-refractivity contribution in [2.24, 2.45) is 0 Å². The molecule has 2 heterocycles. The first-order chi connectivity index (χ1) is 9.70. The van der Waals surface area contributed by atoms with E-state index in [9.17, 15) is 0 Å². The van der Waals surface area contributed by atoms with E-state index in [1.54, 1.807) is 0 Å². The zero-order chi connectivity index (χ0) is 14.1. The summed E-state index contributed by atoms with van der Waals surface area (Å²) in [6, 6.07) is 6.94. The third-order valence-corrected chi connectivity index (χ3v) is 4.70. The molecule has 0 radical (unpaired) electrons. The molecule has 1 aromatic carbocycles. The molecule has 0 atom stereocenters. The molecule has 1 aliphatic rings. The molecule has 0 aliphatic carbocycles. The number of aromatic amines is 1. The maximum atomic E-state index is 5.57. The molecule has 1 fully saturated rings. The Balaban J connectivity index is 1.92. The minimum atomic E-state index is 0.547. The van der Waals surface area contributed by atoms with Gasteiger partial charge < -0.3 is 14.5 Å². The first-order valence-electron chi connectivity index (χ1n) is 7.63. The number of H-pyrrole nitrogens is 1. The van der Waals surface area contributed by atoms with Crippen molar-refractivity contribution < 1.29 is 0 Å². The monoisotopic (exact) mass is 289 g/mol. The van der Waals surface area contributed by atoms with Crippen LogP contribution in [0.5, 0.6) is 0 Å². The molecule has 2 aromatic rings. The largest absolute Gasteiger partial charge is 0.331 e. The zero-order valence-electron chi connectivity index (χ0n) is 12.4. The van der Waals surface area contributed by atoms with Crippen LogP contribution in [0.3, 0.4) is 0 Å². The lowest BCUT2D eigenvalue weighted by Gasteiger charge is -2.32. The molecule has 1 N–H and O–H groups in total. The van der Waals surface area contributed by atoms with Gasteiger partial charge in [0.15, 0.2) is 4.77 Å². The number of aryl methyl sites for hydroxylation is 1. The predicted molar refractivity (Wildman–Crippen MR) is 86.9 cm³/mol. The quantitative estimate of drug-likeness (QED) is 0.862. The van der Waals surface area contributed by atoms with Crippen molar-refractivity contribution in [1.82, 2.24) is 14.5 Å². The van der Waals surface area contributed by atoms with Crippen LogP contribution in [-0.2, 0) is 0 Å². The number of piperidine rings is 1. The Bertz CT molecular complexity index is 647. The summed E-state index contributed by atoms with van der Waals surface area (Å²) in [5.74, 6) is 0. The average Bonchev–Trinajstić information content (AvgIpc) is 2.78. The number of benzene rings is 1. The van der Waals surface area contributed by atoms with Crippen molar-refractivity contribution in [3.8, 4) is 0 Å². The lowest BCUT2D eigenvalue weighted by Crippen LogP contribution is -2.35. The van der Waals surface area contributed by atoms with Crippen molar-refractivity contribution in [1.29, 1.82) is 0 Å². The number of aromatic nitrogens is 2. The molecule has 4 heteroatoms. The number of nitrogens with zero attached hydrogens (tertiary/aromatic N) is 2. The number of likely N-dealkylation sites (tertiary alicyclic amines) is 1. The Morgan fingerprint density at radius 3 is 2.75 bits per heavy atom. The van der Waals surface area contributed by atoms with E-state index in [0.717, 1.165) is 4.77 Å². The summed E-state index contributed by atoms with van der Waals surface area (Å²) in [4.78, 5) is 5.94. The smallest absolute Gasteiger partial charge is 0.178 e. The molecule has 1 aliphatic heterocycles. The van der Waals surface area contributed by atoms with Crippen LogP contribution in [0, 0.1) is 11.7 Å². The third-order valence-electron chi connectivity index (χ3n) is 4.40. The maximum absolute atomic E-state index is 5.57. The van der Waals surface area contributed by atoms with Crippen molar-refractivity contribution in [2.45, 2.75) is 39.2 Å². The standard InChI is InChI=1S/C16H23N3S/c1-3-9-18-10-7-13(8-11-18)19-15-12(2)5-4-6-14(15)17-16(19)20/h4-6,13H,3,7-11H2,1-2H3,(H,17,20). The fourth-order valence-electron chi connectivity index (χ4n) is 3.42. The molecular formula is C16H23N3S. The fraction of sp³-hybridized carbons (Fsp3) is 0.562. The van der Waals surface area contributed by atoms with Crippen molar-refractivity contribution >= 4 is 23.3 Å². The third kappa shape index (κ3) is 2.42. The first kappa shape index (κ1) is 13.8. The second kappa shape index (κ2) is 5.70. The van der Waals surface area contributed by atoms with E-state index in [1.165, 1.54) is 55.5 Å². The molecule has 0 spiro atoms. The minimum absolute atomic E-state index is 0.547. The highest BCUT2D eigenvalue weighted by Crippen LogP contribution is 2.29. The number of hydrogen-bond donors (Lipinski definition) is 1. The van der Waals surface area contributed by atoms with E-state index in [1.807, 2.05) is 0 Å². The number of fused-ring (bicyclic) bond motifs is 1. The van der Waals surface area contributed by atoms with Gasteiger partial charge in [0, 0.05) is 19.1 Å². The van der Waals surface area contributed by atoms with Crippen LogP contribution in [0.2, 0.25) is 0 Å². The average molecular weight is 289 g/mol. The number of imidazole rings is 1. The number of para-hydroxylation sites is 1. The normalized spacial score (nSPS) is 17.9. The maximum Gasteiger partial charge on any atom is 0.178 e. The summed E-state index contributed by atoms with van der Waals surface area (Å²) in [6.45, 7) is 8.04. The second-order valence-corrected chi connectivity index (χ2v) is 6.23. The molecule has 1 aromatic heterocycles.